The molecule has 0 radical (unpaired) electrons. The fraction of sp³-hybridized carbons (Fsp3) is 0.467. The van der Waals surface area contributed by atoms with Crippen LogP contribution in [0.25, 0.3) is 0 Å². The first-order chi connectivity index (χ1) is 16.4. The van der Waals surface area contributed by atoms with E-state index in [4.69, 9.17) is 20.4 Å². The third kappa shape index (κ3) is 72.0. The summed E-state index contributed by atoms with van der Waals surface area (Å²) in [5, 5.41) is 33.2. The number of aliphatic hydroxyl groups excluding tert-OH is 4. The SMILES string of the molecule is C.C.C=CCC.C=CCC.COCC(O)CO.COCC(O)CO.[W+2].[c-]1ccccc1.[c-]1ccccc1. The number of allylic oxidation sites excluding steroid dienone is 2. The predicted octanol–water partition coefficient (Wildman–Crippen LogP) is 5.38. The van der Waals surface area contributed by atoms with Gasteiger partial charge >= 0.3 is 21.1 Å². The van der Waals surface area contributed by atoms with Gasteiger partial charge in [-0.3, -0.25) is 0 Å². The summed E-state index contributed by atoms with van der Waals surface area (Å²) < 4.78 is 8.97. The number of hydrogen-bond donors (Lipinski definition) is 4. The van der Waals surface area contributed by atoms with Crippen molar-refractivity contribution in [3.63, 3.8) is 0 Å². The molecule has 6 nitrogen and oxygen atoms in total. The van der Waals surface area contributed by atoms with Crippen molar-refractivity contribution >= 4 is 0 Å². The van der Waals surface area contributed by atoms with Crippen LogP contribution in [-0.2, 0) is 30.5 Å². The molecule has 0 fully saturated rings. The first-order valence-corrected chi connectivity index (χ1v) is 11.0. The average Bonchev–Trinajstić information content (AvgIpc) is 2.92. The first kappa shape index (κ1) is 51.9. The van der Waals surface area contributed by atoms with E-state index < -0.39 is 12.2 Å². The number of rotatable bonds is 8. The molecule has 0 aromatic heterocycles. The molecule has 7 heteroatoms. The van der Waals surface area contributed by atoms with Crippen molar-refractivity contribution in [2.24, 2.45) is 0 Å². The van der Waals surface area contributed by atoms with Crippen LogP contribution >= 0.6 is 0 Å². The Bertz CT molecular complexity index is 454. The minimum atomic E-state index is -0.718. The van der Waals surface area contributed by atoms with Gasteiger partial charge < -0.3 is 29.9 Å². The van der Waals surface area contributed by atoms with Crippen molar-refractivity contribution in [2.75, 3.05) is 40.6 Å². The maximum Gasteiger partial charge on any atom is 2.00 e. The molecule has 0 saturated carbocycles. The van der Waals surface area contributed by atoms with Crippen LogP contribution in [-0.4, -0.2) is 73.3 Å². The molecule has 0 amide bonds. The summed E-state index contributed by atoms with van der Waals surface area (Å²) >= 11 is 0. The Morgan fingerprint density at radius 1 is 0.676 bits per heavy atom. The number of ether oxygens (including phenoxy) is 2. The van der Waals surface area contributed by atoms with Crippen LogP contribution in [0.5, 0.6) is 0 Å². The quantitative estimate of drug-likeness (QED) is 0.219. The molecule has 0 bridgehead atoms. The fourth-order valence-electron chi connectivity index (χ4n) is 1.17. The van der Waals surface area contributed by atoms with Gasteiger partial charge in [0.05, 0.1) is 26.4 Å². The van der Waals surface area contributed by atoms with Crippen molar-refractivity contribution < 1.29 is 51.0 Å². The molecule has 0 saturated heterocycles. The van der Waals surface area contributed by atoms with Crippen LogP contribution in [0.2, 0.25) is 0 Å². The number of methoxy groups -OCH3 is 2. The minimum absolute atomic E-state index is 0. The number of hydrogen-bond acceptors (Lipinski definition) is 6. The van der Waals surface area contributed by atoms with Gasteiger partial charge in [0.2, 0.25) is 0 Å². The summed E-state index contributed by atoms with van der Waals surface area (Å²) in [4.78, 5) is 0. The zero-order valence-electron chi connectivity index (χ0n) is 21.8. The molecule has 2 unspecified atom stereocenters. The molecular formula is C30H54O6W. The van der Waals surface area contributed by atoms with E-state index in [0.717, 1.165) is 12.8 Å². The Morgan fingerprint density at radius 2 is 0.919 bits per heavy atom. The second-order valence-corrected chi connectivity index (χ2v) is 6.13. The second kappa shape index (κ2) is 55.0. The smallest absolute Gasteiger partial charge is 0.394 e. The Kier molecular flexibility index (Phi) is 77.2. The molecular weight excluding hydrogens is 640 g/mol. The fourth-order valence-corrected chi connectivity index (χ4v) is 1.17. The zero-order chi connectivity index (χ0) is 26.7. The average molecular weight is 695 g/mol. The Balaban J connectivity index is -0.0000000581. The Hall–Kier alpha value is -1.63. The normalized spacial score (nSPS) is 9.30. The molecule has 0 heterocycles. The van der Waals surface area contributed by atoms with Crippen molar-refractivity contribution in [1.29, 1.82) is 0 Å². The van der Waals surface area contributed by atoms with Gasteiger partial charge in [-0.25, -0.2) is 0 Å². The molecule has 37 heavy (non-hydrogen) atoms. The maximum atomic E-state index is 8.48. The largest absolute Gasteiger partial charge is 2.00 e. The van der Waals surface area contributed by atoms with E-state index in [9.17, 15) is 0 Å². The van der Waals surface area contributed by atoms with Crippen LogP contribution in [0, 0.1) is 12.1 Å². The van der Waals surface area contributed by atoms with E-state index in [1.165, 1.54) is 14.2 Å². The summed E-state index contributed by atoms with van der Waals surface area (Å²) in [6.45, 7) is 11.0. The number of benzene rings is 2. The summed E-state index contributed by atoms with van der Waals surface area (Å²) in [7, 11) is 2.94. The van der Waals surface area contributed by atoms with E-state index in [-0.39, 0.29) is 62.3 Å². The van der Waals surface area contributed by atoms with Gasteiger partial charge in [-0.1, -0.05) is 40.9 Å². The third-order valence-electron chi connectivity index (χ3n) is 2.93. The monoisotopic (exact) mass is 694 g/mol. The molecule has 4 N–H and O–H groups in total. The molecule has 0 aliphatic carbocycles. The van der Waals surface area contributed by atoms with Crippen LogP contribution in [0.4, 0.5) is 0 Å². The number of aliphatic hydroxyl groups is 4. The molecule has 2 aromatic rings. The second-order valence-electron chi connectivity index (χ2n) is 6.13. The molecule has 0 aliphatic rings. The van der Waals surface area contributed by atoms with Crippen LogP contribution in [0.1, 0.15) is 41.5 Å². The van der Waals surface area contributed by atoms with Crippen LogP contribution in [0.3, 0.4) is 0 Å². The minimum Gasteiger partial charge on any atom is -0.394 e. The predicted molar refractivity (Wildman–Crippen MR) is 155 cm³/mol. The van der Waals surface area contributed by atoms with Crippen LogP contribution in [0.15, 0.2) is 86.0 Å². The first-order valence-electron chi connectivity index (χ1n) is 11.0. The van der Waals surface area contributed by atoms with Crippen molar-refractivity contribution in [2.45, 2.75) is 53.8 Å². The molecule has 0 aliphatic heterocycles. The molecule has 2 atom stereocenters. The molecule has 0 spiro atoms. The van der Waals surface area contributed by atoms with Gasteiger partial charge in [0.1, 0.15) is 12.2 Å². The van der Waals surface area contributed by atoms with E-state index in [0.29, 0.717) is 0 Å². The van der Waals surface area contributed by atoms with Crippen molar-refractivity contribution in [3.8, 4) is 0 Å². The van der Waals surface area contributed by atoms with Gasteiger partial charge in [0, 0.05) is 14.2 Å². The zero-order valence-corrected chi connectivity index (χ0v) is 24.7. The molecule has 2 rings (SSSR count). The van der Waals surface area contributed by atoms with Crippen LogP contribution < -0.4 is 0 Å². The summed E-state index contributed by atoms with van der Waals surface area (Å²) in [5.41, 5.74) is 0. The standard InChI is InChI=1S/2C6H5.2C4H10O3.2C4H8.2CH4.W/c2*1-2-4-6-5-3-1;2*1-7-3-4(6)2-5;2*1-3-4-2;;;/h2*1-5H;2*4-6H,2-3H2,1H3;2*3H,1,4H2,2H3;2*1H4;/q2*-1;;;;;;;+2. The summed E-state index contributed by atoms with van der Waals surface area (Å²) in [6.07, 6.45) is 4.48. The van der Waals surface area contributed by atoms with E-state index in [1.807, 2.05) is 72.8 Å². The molecule has 2 aromatic carbocycles. The molecule has 216 valence electrons. The van der Waals surface area contributed by atoms with Gasteiger partial charge in [-0.15, -0.1) is 13.2 Å². The van der Waals surface area contributed by atoms with Gasteiger partial charge in [-0.2, -0.15) is 72.8 Å². The summed E-state index contributed by atoms with van der Waals surface area (Å²) in [5.74, 6) is 0. The van der Waals surface area contributed by atoms with Crippen molar-refractivity contribution in [3.05, 3.63) is 98.1 Å². The van der Waals surface area contributed by atoms with E-state index in [2.05, 4.69) is 48.6 Å². The van der Waals surface area contributed by atoms with E-state index >= 15 is 0 Å². The van der Waals surface area contributed by atoms with Gasteiger partial charge in [0.15, 0.2) is 0 Å². The van der Waals surface area contributed by atoms with E-state index in [1.54, 1.807) is 0 Å². The van der Waals surface area contributed by atoms with Gasteiger partial charge in [-0.05, 0) is 12.8 Å². The Labute approximate surface area is 243 Å². The third-order valence-corrected chi connectivity index (χ3v) is 2.93. The Morgan fingerprint density at radius 3 is 0.973 bits per heavy atom. The summed E-state index contributed by atoms with van der Waals surface area (Å²) in [6, 6.07) is 25.0. The van der Waals surface area contributed by atoms with Crippen molar-refractivity contribution in [1.82, 2.24) is 0 Å². The maximum absolute atomic E-state index is 8.48. The topological polar surface area (TPSA) is 99.4 Å². The van der Waals surface area contributed by atoms with Gasteiger partial charge in [0.25, 0.3) is 0 Å².